The molecule has 1 aliphatic heterocycles. The summed E-state index contributed by atoms with van der Waals surface area (Å²) < 4.78 is 0. The SMILES string of the molecule is CC1CCC2NCC(C(=O)O)CC2C1. The molecule has 2 rings (SSSR count). The van der Waals surface area contributed by atoms with Crippen molar-refractivity contribution >= 4 is 5.97 Å². The molecule has 3 nitrogen and oxygen atoms in total. The zero-order valence-electron chi connectivity index (χ0n) is 8.70. The highest BCUT2D eigenvalue weighted by atomic mass is 16.4. The minimum Gasteiger partial charge on any atom is -0.481 e. The first-order valence-corrected chi connectivity index (χ1v) is 5.63. The number of piperidine rings is 1. The van der Waals surface area contributed by atoms with Crippen molar-refractivity contribution in [1.82, 2.24) is 5.32 Å². The maximum absolute atomic E-state index is 10.9. The first-order chi connectivity index (χ1) is 6.66. The summed E-state index contributed by atoms with van der Waals surface area (Å²) in [5.41, 5.74) is 0. The smallest absolute Gasteiger partial charge is 0.307 e. The van der Waals surface area contributed by atoms with Crippen LogP contribution in [-0.2, 0) is 4.79 Å². The highest BCUT2D eigenvalue weighted by Gasteiger charge is 2.36. The molecular weight excluding hydrogens is 178 g/mol. The second-order valence-electron chi connectivity index (χ2n) is 4.96. The Kier molecular flexibility index (Phi) is 2.77. The molecule has 14 heavy (non-hydrogen) atoms. The Morgan fingerprint density at radius 3 is 2.86 bits per heavy atom. The summed E-state index contributed by atoms with van der Waals surface area (Å²) in [6.45, 7) is 2.95. The quantitative estimate of drug-likeness (QED) is 0.669. The molecule has 0 aromatic rings. The fourth-order valence-electron chi connectivity index (χ4n) is 2.96. The van der Waals surface area contributed by atoms with Gasteiger partial charge < -0.3 is 10.4 Å². The lowest BCUT2D eigenvalue weighted by atomic mass is 9.72. The third-order valence-electron chi connectivity index (χ3n) is 3.81. The van der Waals surface area contributed by atoms with Crippen molar-refractivity contribution in [3.05, 3.63) is 0 Å². The molecule has 2 N–H and O–H groups in total. The van der Waals surface area contributed by atoms with Crippen LogP contribution in [0.2, 0.25) is 0 Å². The van der Waals surface area contributed by atoms with Crippen molar-refractivity contribution in [2.75, 3.05) is 6.54 Å². The minimum atomic E-state index is -0.630. The number of carboxylic acid groups (broad SMARTS) is 1. The largest absolute Gasteiger partial charge is 0.481 e. The summed E-state index contributed by atoms with van der Waals surface area (Å²) in [5, 5.41) is 12.3. The van der Waals surface area contributed by atoms with Gasteiger partial charge in [-0.25, -0.2) is 0 Å². The molecule has 1 aliphatic carbocycles. The molecule has 0 spiro atoms. The van der Waals surface area contributed by atoms with Gasteiger partial charge >= 0.3 is 5.97 Å². The van der Waals surface area contributed by atoms with Gasteiger partial charge in [-0.1, -0.05) is 6.92 Å². The molecule has 0 bridgehead atoms. The number of aliphatic carboxylic acids is 1. The maximum Gasteiger partial charge on any atom is 0.307 e. The van der Waals surface area contributed by atoms with Crippen molar-refractivity contribution in [2.45, 2.75) is 38.6 Å². The summed E-state index contributed by atoms with van der Waals surface area (Å²) in [6, 6.07) is 0.599. The van der Waals surface area contributed by atoms with Gasteiger partial charge in [-0.3, -0.25) is 4.79 Å². The van der Waals surface area contributed by atoms with Gasteiger partial charge in [0.15, 0.2) is 0 Å². The summed E-state index contributed by atoms with van der Waals surface area (Å²) in [5.74, 6) is 0.606. The molecule has 1 heterocycles. The highest BCUT2D eigenvalue weighted by molar-refractivity contribution is 5.70. The predicted octanol–water partition coefficient (Wildman–Crippen LogP) is 1.49. The minimum absolute atomic E-state index is 0.151. The molecule has 1 saturated heterocycles. The van der Waals surface area contributed by atoms with E-state index in [4.69, 9.17) is 5.11 Å². The Balaban J connectivity index is 1.96. The van der Waals surface area contributed by atoms with Crippen molar-refractivity contribution in [2.24, 2.45) is 17.8 Å². The van der Waals surface area contributed by atoms with E-state index < -0.39 is 5.97 Å². The Labute approximate surface area is 84.9 Å². The van der Waals surface area contributed by atoms with E-state index in [9.17, 15) is 4.79 Å². The normalized spacial score (nSPS) is 42.9. The first kappa shape index (κ1) is 9.97. The Morgan fingerprint density at radius 2 is 2.14 bits per heavy atom. The number of carboxylic acids is 1. The number of rotatable bonds is 1. The van der Waals surface area contributed by atoms with Crippen LogP contribution in [0.25, 0.3) is 0 Å². The molecule has 2 fully saturated rings. The van der Waals surface area contributed by atoms with E-state index in [1.54, 1.807) is 0 Å². The molecule has 3 heteroatoms. The molecule has 80 valence electrons. The van der Waals surface area contributed by atoms with Gasteiger partial charge in [-0.05, 0) is 37.5 Å². The lowest BCUT2D eigenvalue weighted by Gasteiger charge is -2.41. The monoisotopic (exact) mass is 197 g/mol. The molecule has 0 aromatic heterocycles. The van der Waals surface area contributed by atoms with Gasteiger partial charge in [0.25, 0.3) is 0 Å². The van der Waals surface area contributed by atoms with Gasteiger partial charge in [-0.15, -0.1) is 0 Å². The van der Waals surface area contributed by atoms with Crippen LogP contribution in [0.5, 0.6) is 0 Å². The van der Waals surface area contributed by atoms with Crippen LogP contribution >= 0.6 is 0 Å². The summed E-state index contributed by atoms with van der Waals surface area (Å²) in [4.78, 5) is 10.9. The van der Waals surface area contributed by atoms with Crippen LogP contribution in [0.4, 0.5) is 0 Å². The number of hydrogen-bond acceptors (Lipinski definition) is 2. The van der Waals surface area contributed by atoms with E-state index in [2.05, 4.69) is 12.2 Å². The third kappa shape index (κ3) is 1.92. The van der Waals surface area contributed by atoms with E-state index in [-0.39, 0.29) is 5.92 Å². The number of hydrogen-bond donors (Lipinski definition) is 2. The van der Waals surface area contributed by atoms with E-state index >= 15 is 0 Å². The van der Waals surface area contributed by atoms with Gasteiger partial charge in [0, 0.05) is 12.6 Å². The van der Waals surface area contributed by atoms with Crippen LogP contribution in [-0.4, -0.2) is 23.7 Å². The van der Waals surface area contributed by atoms with E-state index in [1.165, 1.54) is 19.3 Å². The first-order valence-electron chi connectivity index (χ1n) is 5.63. The van der Waals surface area contributed by atoms with Crippen LogP contribution in [0, 0.1) is 17.8 Å². The molecule has 1 saturated carbocycles. The van der Waals surface area contributed by atoms with E-state index in [1.807, 2.05) is 0 Å². The summed E-state index contributed by atoms with van der Waals surface area (Å²) in [7, 11) is 0. The van der Waals surface area contributed by atoms with Crippen molar-refractivity contribution < 1.29 is 9.90 Å². The van der Waals surface area contributed by atoms with Crippen molar-refractivity contribution in [3.63, 3.8) is 0 Å². The second-order valence-corrected chi connectivity index (χ2v) is 4.96. The zero-order chi connectivity index (χ0) is 10.1. The molecule has 4 unspecified atom stereocenters. The van der Waals surface area contributed by atoms with Crippen molar-refractivity contribution in [1.29, 1.82) is 0 Å². The topological polar surface area (TPSA) is 49.3 Å². The summed E-state index contributed by atoms with van der Waals surface area (Å²) >= 11 is 0. The molecule has 2 aliphatic rings. The molecule has 0 radical (unpaired) electrons. The molecule has 0 amide bonds. The Bertz CT molecular complexity index is 229. The highest BCUT2D eigenvalue weighted by Crippen LogP contribution is 2.35. The van der Waals surface area contributed by atoms with Crippen LogP contribution in [0.1, 0.15) is 32.6 Å². The zero-order valence-corrected chi connectivity index (χ0v) is 8.70. The van der Waals surface area contributed by atoms with E-state index in [0.29, 0.717) is 18.5 Å². The average Bonchev–Trinajstić information content (AvgIpc) is 2.16. The third-order valence-corrected chi connectivity index (χ3v) is 3.81. The fraction of sp³-hybridized carbons (Fsp3) is 0.909. The second kappa shape index (κ2) is 3.89. The maximum atomic E-state index is 10.9. The van der Waals surface area contributed by atoms with E-state index in [0.717, 1.165) is 12.3 Å². The van der Waals surface area contributed by atoms with Crippen LogP contribution in [0.15, 0.2) is 0 Å². The molecular formula is C11H19NO2. The average molecular weight is 197 g/mol. The molecule has 0 aromatic carbocycles. The standard InChI is InChI=1S/C11H19NO2/c1-7-2-3-10-8(4-7)5-9(6-12-10)11(13)14/h7-10,12H,2-6H2,1H3,(H,13,14). The Hall–Kier alpha value is -0.570. The van der Waals surface area contributed by atoms with Gasteiger partial charge in [0.2, 0.25) is 0 Å². The van der Waals surface area contributed by atoms with Crippen molar-refractivity contribution in [3.8, 4) is 0 Å². The van der Waals surface area contributed by atoms with Gasteiger partial charge in [-0.2, -0.15) is 0 Å². The lowest BCUT2D eigenvalue weighted by molar-refractivity contribution is -0.143. The van der Waals surface area contributed by atoms with Crippen LogP contribution in [0.3, 0.4) is 0 Å². The number of fused-ring (bicyclic) bond motifs is 1. The number of carbonyl (C=O) groups is 1. The molecule has 4 atom stereocenters. The predicted molar refractivity (Wildman–Crippen MR) is 54.0 cm³/mol. The van der Waals surface area contributed by atoms with Gasteiger partial charge in [0.1, 0.15) is 0 Å². The van der Waals surface area contributed by atoms with Gasteiger partial charge in [0.05, 0.1) is 5.92 Å². The Morgan fingerprint density at radius 1 is 1.36 bits per heavy atom. The lowest BCUT2D eigenvalue weighted by Crippen LogP contribution is -2.49. The fourth-order valence-corrected chi connectivity index (χ4v) is 2.96. The summed E-state index contributed by atoms with van der Waals surface area (Å²) in [6.07, 6.45) is 4.63. The van der Waals surface area contributed by atoms with Crippen LogP contribution < -0.4 is 5.32 Å². The number of nitrogens with one attached hydrogen (secondary N) is 1.